The number of carbonyl (C=O) groups is 1. The Morgan fingerprint density at radius 3 is 2.05 bits per heavy atom. The third kappa shape index (κ3) is 2.84. The Hall–Kier alpha value is -2.50. The van der Waals surface area contributed by atoms with Crippen molar-refractivity contribution in [3.63, 3.8) is 0 Å². The second-order valence-corrected chi connectivity index (χ2v) is 4.15. The van der Waals surface area contributed by atoms with Gasteiger partial charge in [0.15, 0.2) is 28.9 Å². The molecule has 110 valence electrons. The summed E-state index contributed by atoms with van der Waals surface area (Å²) in [5.41, 5.74) is -0.487. The molecule has 2 aromatic rings. The molecule has 2 rings (SSSR count). The molecule has 0 aliphatic carbocycles. The quantitative estimate of drug-likeness (QED) is 0.812. The van der Waals surface area contributed by atoms with Crippen molar-refractivity contribution in [3.8, 4) is 11.5 Å². The van der Waals surface area contributed by atoms with Gasteiger partial charge in [-0.05, 0) is 24.3 Å². The van der Waals surface area contributed by atoms with Crippen LogP contribution in [-0.4, -0.2) is 20.0 Å². The lowest BCUT2D eigenvalue weighted by molar-refractivity contribution is 0.103. The minimum atomic E-state index is -1.18. The molecule has 0 spiro atoms. The van der Waals surface area contributed by atoms with E-state index in [0.717, 1.165) is 24.3 Å². The topological polar surface area (TPSA) is 35.5 Å². The third-order valence-electron chi connectivity index (χ3n) is 2.90. The number of hydrogen-bond acceptors (Lipinski definition) is 3. The Labute approximate surface area is 118 Å². The lowest BCUT2D eigenvalue weighted by Gasteiger charge is -2.10. The van der Waals surface area contributed by atoms with Crippen molar-refractivity contribution in [3.05, 3.63) is 58.9 Å². The normalized spacial score (nSPS) is 10.3. The summed E-state index contributed by atoms with van der Waals surface area (Å²) in [4.78, 5) is 12.2. The molecule has 0 heterocycles. The number of carbonyl (C=O) groups excluding carboxylic acids is 1. The number of rotatable bonds is 4. The van der Waals surface area contributed by atoms with E-state index >= 15 is 0 Å². The fourth-order valence-corrected chi connectivity index (χ4v) is 1.82. The van der Waals surface area contributed by atoms with Crippen LogP contribution in [0.15, 0.2) is 30.3 Å². The number of ether oxygens (including phenoxy) is 2. The number of methoxy groups -OCH3 is 2. The second kappa shape index (κ2) is 5.87. The molecule has 21 heavy (non-hydrogen) atoms. The van der Waals surface area contributed by atoms with Gasteiger partial charge >= 0.3 is 0 Å². The Morgan fingerprint density at radius 2 is 1.48 bits per heavy atom. The standard InChI is InChI=1S/C15H11F3O3/c1-20-13-6-9(11(17)7-14(13)21-2)15(19)8-3-4-10(16)12(18)5-8/h3-7H,1-2H3. The van der Waals surface area contributed by atoms with Gasteiger partial charge in [-0.25, -0.2) is 13.2 Å². The van der Waals surface area contributed by atoms with Crippen LogP contribution in [0.25, 0.3) is 0 Å². The zero-order valence-electron chi connectivity index (χ0n) is 11.2. The van der Waals surface area contributed by atoms with Gasteiger partial charge in [0.1, 0.15) is 5.82 Å². The molecule has 0 N–H and O–H groups in total. The van der Waals surface area contributed by atoms with E-state index in [9.17, 15) is 18.0 Å². The van der Waals surface area contributed by atoms with Gasteiger partial charge in [-0.3, -0.25) is 4.79 Å². The Kier molecular flexibility index (Phi) is 4.16. The van der Waals surface area contributed by atoms with E-state index in [1.165, 1.54) is 14.2 Å². The zero-order chi connectivity index (χ0) is 15.6. The molecule has 2 aromatic carbocycles. The van der Waals surface area contributed by atoms with Crippen LogP contribution in [0.4, 0.5) is 13.2 Å². The fraction of sp³-hybridized carbons (Fsp3) is 0.133. The minimum Gasteiger partial charge on any atom is -0.493 e. The Balaban J connectivity index is 2.50. The molecule has 0 aliphatic rings. The number of ketones is 1. The molecular formula is C15H11F3O3. The average molecular weight is 296 g/mol. The van der Waals surface area contributed by atoms with Gasteiger partial charge in [0, 0.05) is 11.6 Å². The van der Waals surface area contributed by atoms with Gasteiger partial charge < -0.3 is 9.47 Å². The number of hydrogen-bond donors (Lipinski definition) is 0. The smallest absolute Gasteiger partial charge is 0.196 e. The maximum Gasteiger partial charge on any atom is 0.196 e. The lowest BCUT2D eigenvalue weighted by Crippen LogP contribution is -2.06. The van der Waals surface area contributed by atoms with E-state index in [-0.39, 0.29) is 22.6 Å². The molecule has 3 nitrogen and oxygen atoms in total. The van der Waals surface area contributed by atoms with Crippen LogP contribution in [0, 0.1) is 17.5 Å². The summed E-state index contributed by atoms with van der Waals surface area (Å²) in [5.74, 6) is -3.61. The highest BCUT2D eigenvalue weighted by molar-refractivity contribution is 6.09. The predicted molar refractivity (Wildman–Crippen MR) is 69.3 cm³/mol. The Bertz CT molecular complexity index is 699. The van der Waals surface area contributed by atoms with Crippen molar-refractivity contribution in [1.29, 1.82) is 0 Å². The lowest BCUT2D eigenvalue weighted by atomic mass is 10.0. The first kappa shape index (κ1) is 14.9. The predicted octanol–water partition coefficient (Wildman–Crippen LogP) is 3.35. The molecule has 0 bridgehead atoms. The summed E-state index contributed by atoms with van der Waals surface area (Å²) in [6.07, 6.45) is 0. The van der Waals surface area contributed by atoms with Crippen LogP contribution >= 0.6 is 0 Å². The summed E-state index contributed by atoms with van der Waals surface area (Å²) < 4.78 is 49.9. The van der Waals surface area contributed by atoms with Crippen LogP contribution in [-0.2, 0) is 0 Å². The Morgan fingerprint density at radius 1 is 0.857 bits per heavy atom. The van der Waals surface area contributed by atoms with Crippen LogP contribution < -0.4 is 9.47 Å². The van der Waals surface area contributed by atoms with Crippen molar-refractivity contribution in [1.82, 2.24) is 0 Å². The van der Waals surface area contributed by atoms with E-state index in [4.69, 9.17) is 9.47 Å². The van der Waals surface area contributed by atoms with Crippen molar-refractivity contribution in [2.75, 3.05) is 14.2 Å². The van der Waals surface area contributed by atoms with Crippen molar-refractivity contribution in [2.45, 2.75) is 0 Å². The van der Waals surface area contributed by atoms with Crippen molar-refractivity contribution >= 4 is 5.78 Å². The second-order valence-electron chi connectivity index (χ2n) is 4.15. The molecular weight excluding hydrogens is 285 g/mol. The summed E-state index contributed by atoms with van der Waals surface area (Å²) in [5, 5.41) is 0. The van der Waals surface area contributed by atoms with Crippen molar-refractivity contribution in [2.24, 2.45) is 0 Å². The van der Waals surface area contributed by atoms with Gasteiger partial charge in [-0.2, -0.15) is 0 Å². The van der Waals surface area contributed by atoms with E-state index in [1.807, 2.05) is 0 Å². The summed E-state index contributed by atoms with van der Waals surface area (Å²) in [6, 6.07) is 4.75. The highest BCUT2D eigenvalue weighted by Crippen LogP contribution is 2.31. The first-order valence-corrected chi connectivity index (χ1v) is 5.89. The van der Waals surface area contributed by atoms with E-state index in [2.05, 4.69) is 0 Å². The molecule has 0 saturated heterocycles. The highest BCUT2D eigenvalue weighted by atomic mass is 19.2. The molecule has 0 saturated carbocycles. The van der Waals surface area contributed by atoms with Gasteiger partial charge in [0.25, 0.3) is 0 Å². The van der Waals surface area contributed by atoms with Crippen molar-refractivity contribution < 1.29 is 27.4 Å². The monoisotopic (exact) mass is 296 g/mol. The molecule has 0 radical (unpaired) electrons. The van der Waals surface area contributed by atoms with Crippen LogP contribution in [0.3, 0.4) is 0 Å². The average Bonchev–Trinajstić information content (AvgIpc) is 2.49. The van der Waals surface area contributed by atoms with E-state index < -0.39 is 23.2 Å². The van der Waals surface area contributed by atoms with E-state index in [0.29, 0.717) is 6.07 Å². The molecule has 6 heteroatoms. The first-order valence-electron chi connectivity index (χ1n) is 5.89. The molecule has 0 unspecified atom stereocenters. The summed E-state index contributed by atoms with van der Waals surface area (Å²) in [7, 11) is 2.66. The van der Waals surface area contributed by atoms with Crippen LogP contribution in [0.2, 0.25) is 0 Å². The number of benzene rings is 2. The molecule has 0 aromatic heterocycles. The van der Waals surface area contributed by atoms with Gasteiger partial charge in [0.2, 0.25) is 0 Å². The maximum absolute atomic E-state index is 13.9. The SMILES string of the molecule is COc1cc(F)c(C(=O)c2ccc(F)c(F)c2)cc1OC. The molecule has 0 fully saturated rings. The first-order chi connectivity index (χ1) is 9.97. The van der Waals surface area contributed by atoms with Gasteiger partial charge in [0.05, 0.1) is 19.8 Å². The van der Waals surface area contributed by atoms with Crippen LogP contribution in [0.5, 0.6) is 11.5 Å². The molecule has 0 amide bonds. The molecule has 0 atom stereocenters. The highest BCUT2D eigenvalue weighted by Gasteiger charge is 2.19. The fourth-order valence-electron chi connectivity index (χ4n) is 1.82. The number of halogens is 3. The third-order valence-corrected chi connectivity index (χ3v) is 2.90. The summed E-state index contributed by atoms with van der Waals surface area (Å²) >= 11 is 0. The van der Waals surface area contributed by atoms with Crippen LogP contribution in [0.1, 0.15) is 15.9 Å². The minimum absolute atomic E-state index is 0.122. The largest absolute Gasteiger partial charge is 0.493 e. The van der Waals surface area contributed by atoms with E-state index in [1.54, 1.807) is 0 Å². The summed E-state index contributed by atoms with van der Waals surface area (Å²) in [6.45, 7) is 0. The maximum atomic E-state index is 13.9. The van der Waals surface area contributed by atoms with Gasteiger partial charge in [-0.1, -0.05) is 0 Å². The zero-order valence-corrected chi connectivity index (χ0v) is 11.2. The molecule has 0 aliphatic heterocycles. The van der Waals surface area contributed by atoms with Gasteiger partial charge in [-0.15, -0.1) is 0 Å².